The lowest BCUT2D eigenvalue weighted by molar-refractivity contribution is -0.127. The Labute approximate surface area is 86.0 Å². The van der Waals surface area contributed by atoms with Gasteiger partial charge < -0.3 is 10.5 Å². The molecule has 0 amide bonds. The molecule has 0 radical (unpaired) electrons. The lowest BCUT2D eigenvalue weighted by Crippen LogP contribution is -2.28. The van der Waals surface area contributed by atoms with Gasteiger partial charge >= 0.3 is 0 Å². The van der Waals surface area contributed by atoms with Crippen LogP contribution in [0.25, 0.3) is 0 Å². The van der Waals surface area contributed by atoms with Gasteiger partial charge in [0.05, 0.1) is 6.61 Å². The molecule has 0 aliphatic carbocycles. The molecule has 2 atom stereocenters. The summed E-state index contributed by atoms with van der Waals surface area (Å²) in [6.45, 7) is 4.15. The van der Waals surface area contributed by atoms with Crippen LogP contribution in [0.15, 0.2) is 0 Å². The van der Waals surface area contributed by atoms with E-state index in [0.717, 1.165) is 25.9 Å². The summed E-state index contributed by atoms with van der Waals surface area (Å²) >= 11 is 0. The number of hydrogen-bond acceptors (Lipinski definition) is 3. The van der Waals surface area contributed by atoms with E-state index in [1.807, 2.05) is 0 Å². The first-order valence-electron chi connectivity index (χ1n) is 5.58. The van der Waals surface area contributed by atoms with Gasteiger partial charge in [-0.05, 0) is 25.3 Å². The second-order valence-corrected chi connectivity index (χ2v) is 4.09. The quantitative estimate of drug-likeness (QED) is 0.727. The number of carbonyl (C=O) groups is 1. The zero-order valence-electron chi connectivity index (χ0n) is 9.00. The predicted molar refractivity (Wildman–Crippen MR) is 56.0 cm³/mol. The number of hydrogen-bond donors (Lipinski definition) is 1. The van der Waals surface area contributed by atoms with E-state index in [4.69, 9.17) is 10.5 Å². The van der Waals surface area contributed by atoms with Crippen molar-refractivity contribution >= 4 is 5.78 Å². The van der Waals surface area contributed by atoms with Crippen molar-refractivity contribution in [3.63, 3.8) is 0 Å². The van der Waals surface area contributed by atoms with Gasteiger partial charge in [0.1, 0.15) is 5.78 Å². The minimum atomic E-state index is 0.143. The van der Waals surface area contributed by atoms with E-state index in [0.29, 0.717) is 31.3 Å². The molecule has 3 nitrogen and oxygen atoms in total. The van der Waals surface area contributed by atoms with E-state index in [1.54, 1.807) is 0 Å². The maximum atomic E-state index is 11.8. The van der Waals surface area contributed by atoms with Crippen molar-refractivity contribution in [1.29, 1.82) is 0 Å². The highest BCUT2D eigenvalue weighted by molar-refractivity contribution is 5.81. The molecule has 1 aliphatic rings. The first kappa shape index (κ1) is 11.7. The SMILES string of the molecule is CCC(CN)CC(=O)C1CCCOC1. The lowest BCUT2D eigenvalue weighted by Gasteiger charge is -2.22. The van der Waals surface area contributed by atoms with Crippen molar-refractivity contribution in [2.75, 3.05) is 19.8 Å². The van der Waals surface area contributed by atoms with Crippen LogP contribution < -0.4 is 5.73 Å². The summed E-state index contributed by atoms with van der Waals surface area (Å²) in [5.41, 5.74) is 5.58. The highest BCUT2D eigenvalue weighted by atomic mass is 16.5. The van der Waals surface area contributed by atoms with Gasteiger partial charge in [0.2, 0.25) is 0 Å². The molecule has 1 heterocycles. The van der Waals surface area contributed by atoms with Crippen molar-refractivity contribution in [2.24, 2.45) is 17.6 Å². The molecule has 3 heteroatoms. The van der Waals surface area contributed by atoms with Crippen LogP contribution in [-0.4, -0.2) is 25.5 Å². The highest BCUT2D eigenvalue weighted by Crippen LogP contribution is 2.19. The molecule has 0 aromatic carbocycles. The summed E-state index contributed by atoms with van der Waals surface area (Å²) in [5, 5.41) is 0. The molecule has 1 rings (SSSR count). The van der Waals surface area contributed by atoms with Crippen LogP contribution in [-0.2, 0) is 9.53 Å². The summed E-state index contributed by atoms with van der Waals surface area (Å²) in [6.07, 6.45) is 3.66. The summed E-state index contributed by atoms with van der Waals surface area (Å²) in [4.78, 5) is 11.8. The molecule has 14 heavy (non-hydrogen) atoms. The Hall–Kier alpha value is -0.410. The topological polar surface area (TPSA) is 52.3 Å². The van der Waals surface area contributed by atoms with Gasteiger partial charge in [-0.2, -0.15) is 0 Å². The van der Waals surface area contributed by atoms with Crippen LogP contribution in [0.4, 0.5) is 0 Å². The molecular weight excluding hydrogens is 178 g/mol. The zero-order chi connectivity index (χ0) is 10.4. The smallest absolute Gasteiger partial charge is 0.138 e. The van der Waals surface area contributed by atoms with Crippen LogP contribution in [0.5, 0.6) is 0 Å². The molecule has 0 aromatic rings. The monoisotopic (exact) mass is 199 g/mol. The summed E-state index contributed by atoms with van der Waals surface area (Å²) in [5.74, 6) is 0.857. The zero-order valence-corrected chi connectivity index (χ0v) is 9.00. The number of Topliss-reactive ketones (excluding diaryl/α,β-unsaturated/α-hetero) is 1. The average Bonchev–Trinajstić information content (AvgIpc) is 2.26. The molecule has 0 spiro atoms. The molecule has 1 fully saturated rings. The third kappa shape index (κ3) is 3.39. The van der Waals surface area contributed by atoms with Crippen molar-refractivity contribution in [3.05, 3.63) is 0 Å². The number of carbonyl (C=O) groups excluding carboxylic acids is 1. The van der Waals surface area contributed by atoms with Crippen LogP contribution in [0.3, 0.4) is 0 Å². The fourth-order valence-corrected chi connectivity index (χ4v) is 1.84. The molecule has 2 unspecified atom stereocenters. The summed E-state index contributed by atoms with van der Waals surface area (Å²) in [6, 6.07) is 0. The minimum Gasteiger partial charge on any atom is -0.381 e. The Morgan fingerprint density at radius 1 is 1.64 bits per heavy atom. The third-order valence-electron chi connectivity index (χ3n) is 3.02. The standard InChI is InChI=1S/C11H21NO2/c1-2-9(7-12)6-11(13)10-4-3-5-14-8-10/h9-10H,2-8,12H2,1H3. The highest BCUT2D eigenvalue weighted by Gasteiger charge is 2.23. The van der Waals surface area contributed by atoms with E-state index in [9.17, 15) is 4.79 Å². The van der Waals surface area contributed by atoms with Crippen molar-refractivity contribution < 1.29 is 9.53 Å². The molecular formula is C11H21NO2. The van der Waals surface area contributed by atoms with Gasteiger partial charge in [0.15, 0.2) is 0 Å². The number of ketones is 1. The lowest BCUT2D eigenvalue weighted by atomic mass is 9.90. The molecule has 1 saturated heterocycles. The Morgan fingerprint density at radius 2 is 2.43 bits per heavy atom. The average molecular weight is 199 g/mol. The number of nitrogens with two attached hydrogens (primary N) is 1. The second kappa shape index (κ2) is 6.14. The molecule has 0 bridgehead atoms. The fourth-order valence-electron chi connectivity index (χ4n) is 1.84. The van der Waals surface area contributed by atoms with E-state index in [2.05, 4.69) is 6.92 Å². The van der Waals surface area contributed by atoms with Crippen LogP contribution in [0.1, 0.15) is 32.6 Å². The van der Waals surface area contributed by atoms with E-state index in [1.165, 1.54) is 0 Å². The van der Waals surface area contributed by atoms with Gasteiger partial charge in [-0.1, -0.05) is 13.3 Å². The first-order chi connectivity index (χ1) is 6.77. The third-order valence-corrected chi connectivity index (χ3v) is 3.02. The molecule has 82 valence electrons. The summed E-state index contributed by atoms with van der Waals surface area (Å²) in [7, 11) is 0. The maximum Gasteiger partial charge on any atom is 0.138 e. The van der Waals surface area contributed by atoms with Crippen molar-refractivity contribution in [2.45, 2.75) is 32.6 Å². The van der Waals surface area contributed by atoms with E-state index >= 15 is 0 Å². The Bertz CT molecular complexity index is 172. The van der Waals surface area contributed by atoms with Gasteiger partial charge in [0.25, 0.3) is 0 Å². The number of ether oxygens (including phenoxy) is 1. The Kier molecular flexibility index (Phi) is 5.12. The van der Waals surface area contributed by atoms with Crippen LogP contribution >= 0.6 is 0 Å². The van der Waals surface area contributed by atoms with Gasteiger partial charge in [0, 0.05) is 18.9 Å². The van der Waals surface area contributed by atoms with Crippen LogP contribution in [0.2, 0.25) is 0 Å². The van der Waals surface area contributed by atoms with Crippen molar-refractivity contribution in [3.8, 4) is 0 Å². The Morgan fingerprint density at radius 3 is 2.93 bits per heavy atom. The fraction of sp³-hybridized carbons (Fsp3) is 0.909. The van der Waals surface area contributed by atoms with E-state index < -0.39 is 0 Å². The molecule has 0 aromatic heterocycles. The van der Waals surface area contributed by atoms with Gasteiger partial charge in [-0.25, -0.2) is 0 Å². The molecule has 2 N–H and O–H groups in total. The predicted octanol–water partition coefficient (Wildman–Crippen LogP) is 1.36. The summed E-state index contributed by atoms with van der Waals surface area (Å²) < 4.78 is 5.30. The largest absolute Gasteiger partial charge is 0.381 e. The second-order valence-electron chi connectivity index (χ2n) is 4.09. The van der Waals surface area contributed by atoms with Crippen LogP contribution in [0, 0.1) is 11.8 Å². The number of rotatable bonds is 5. The van der Waals surface area contributed by atoms with Crippen molar-refractivity contribution in [1.82, 2.24) is 0 Å². The van der Waals surface area contributed by atoms with Gasteiger partial charge in [-0.15, -0.1) is 0 Å². The molecule has 0 saturated carbocycles. The van der Waals surface area contributed by atoms with E-state index in [-0.39, 0.29) is 5.92 Å². The first-order valence-corrected chi connectivity index (χ1v) is 5.58. The normalized spacial score (nSPS) is 24.6. The minimum absolute atomic E-state index is 0.143. The Balaban J connectivity index is 2.32. The maximum absolute atomic E-state index is 11.8. The van der Waals surface area contributed by atoms with Gasteiger partial charge in [-0.3, -0.25) is 4.79 Å². The molecule has 1 aliphatic heterocycles.